The number of hydrogen-bond acceptors (Lipinski definition) is 2. The maximum atomic E-state index is 12.3. The second-order valence-electron chi connectivity index (χ2n) is 4.99. The number of halogens is 1. The Kier molecular flexibility index (Phi) is 3.36. The van der Waals surface area contributed by atoms with Crippen molar-refractivity contribution in [2.45, 2.75) is 13.3 Å². The molecule has 0 bridgehead atoms. The van der Waals surface area contributed by atoms with E-state index in [9.17, 15) is 4.79 Å². The number of carbonyl (C=O) groups excluding carboxylic acids is 1. The fourth-order valence-electron chi connectivity index (χ4n) is 2.35. The molecule has 0 unspecified atom stereocenters. The van der Waals surface area contributed by atoms with Crippen LogP contribution in [0.4, 0.5) is 11.4 Å². The highest BCUT2D eigenvalue weighted by molar-refractivity contribution is 6.34. The predicted molar refractivity (Wildman–Crippen MR) is 82.8 cm³/mol. The first-order valence-corrected chi connectivity index (χ1v) is 6.95. The summed E-state index contributed by atoms with van der Waals surface area (Å²) in [6.45, 7) is 2.90. The summed E-state index contributed by atoms with van der Waals surface area (Å²) in [5, 5.41) is 6.67. The molecule has 0 spiro atoms. The molecule has 0 aromatic heterocycles. The number of amides is 1. The van der Waals surface area contributed by atoms with Crippen molar-refractivity contribution in [3.8, 4) is 0 Å². The topological polar surface area (TPSA) is 41.1 Å². The van der Waals surface area contributed by atoms with E-state index in [2.05, 4.69) is 10.6 Å². The van der Waals surface area contributed by atoms with Crippen molar-refractivity contribution in [3.05, 3.63) is 58.1 Å². The largest absolute Gasteiger partial charge is 0.384 e. The summed E-state index contributed by atoms with van der Waals surface area (Å²) in [7, 11) is 0. The molecule has 0 radical (unpaired) electrons. The minimum atomic E-state index is -0.146. The van der Waals surface area contributed by atoms with Gasteiger partial charge < -0.3 is 10.6 Å². The van der Waals surface area contributed by atoms with Crippen LogP contribution in [0.2, 0.25) is 5.02 Å². The zero-order valence-corrected chi connectivity index (χ0v) is 11.9. The van der Waals surface area contributed by atoms with Crippen LogP contribution in [0.1, 0.15) is 21.5 Å². The van der Waals surface area contributed by atoms with E-state index >= 15 is 0 Å². The van der Waals surface area contributed by atoms with E-state index < -0.39 is 0 Å². The van der Waals surface area contributed by atoms with E-state index in [-0.39, 0.29) is 5.91 Å². The van der Waals surface area contributed by atoms with Crippen LogP contribution in [0.3, 0.4) is 0 Å². The van der Waals surface area contributed by atoms with E-state index in [4.69, 9.17) is 11.6 Å². The number of nitrogens with one attached hydrogen (secondary N) is 2. The van der Waals surface area contributed by atoms with Gasteiger partial charge in [0.05, 0.1) is 10.7 Å². The number of benzene rings is 2. The van der Waals surface area contributed by atoms with Gasteiger partial charge in [0, 0.05) is 17.8 Å². The Bertz CT molecular complexity index is 682. The Morgan fingerprint density at radius 2 is 2.10 bits per heavy atom. The first-order valence-electron chi connectivity index (χ1n) is 6.58. The molecule has 20 heavy (non-hydrogen) atoms. The average molecular weight is 287 g/mol. The van der Waals surface area contributed by atoms with Crippen LogP contribution in [0.15, 0.2) is 36.4 Å². The van der Waals surface area contributed by atoms with Gasteiger partial charge in [-0.15, -0.1) is 0 Å². The van der Waals surface area contributed by atoms with Gasteiger partial charge in [0.2, 0.25) is 0 Å². The maximum Gasteiger partial charge on any atom is 0.255 e. The van der Waals surface area contributed by atoms with Crippen LogP contribution in [0, 0.1) is 6.92 Å². The van der Waals surface area contributed by atoms with Crippen molar-refractivity contribution < 1.29 is 4.79 Å². The Morgan fingerprint density at radius 1 is 1.25 bits per heavy atom. The lowest BCUT2D eigenvalue weighted by Gasteiger charge is -2.09. The molecule has 1 amide bonds. The molecule has 2 aromatic rings. The summed E-state index contributed by atoms with van der Waals surface area (Å²) in [5.41, 5.74) is 4.64. The molecular weight excluding hydrogens is 272 g/mol. The fraction of sp³-hybridized carbons (Fsp3) is 0.188. The molecule has 0 atom stereocenters. The molecule has 3 rings (SSSR count). The standard InChI is InChI=1S/C16H15ClN2O/c1-10-2-5-14(13(17)8-10)19-16(20)12-4-3-11-6-7-18-15(11)9-12/h2-5,8-9,18H,6-7H2,1H3,(H,19,20). The van der Waals surface area contributed by atoms with Crippen LogP contribution in [0.25, 0.3) is 0 Å². The molecule has 4 heteroatoms. The Hall–Kier alpha value is -2.00. The predicted octanol–water partition coefficient (Wildman–Crippen LogP) is 3.87. The number of fused-ring (bicyclic) bond motifs is 1. The summed E-state index contributed by atoms with van der Waals surface area (Å²) >= 11 is 6.13. The lowest BCUT2D eigenvalue weighted by molar-refractivity contribution is 0.102. The highest BCUT2D eigenvalue weighted by Crippen LogP contribution is 2.26. The molecule has 3 nitrogen and oxygen atoms in total. The second kappa shape index (κ2) is 5.17. The summed E-state index contributed by atoms with van der Waals surface area (Å²) in [4.78, 5) is 12.3. The zero-order valence-electron chi connectivity index (χ0n) is 11.2. The van der Waals surface area contributed by atoms with Gasteiger partial charge >= 0.3 is 0 Å². The third-order valence-corrected chi connectivity index (χ3v) is 3.77. The first-order chi connectivity index (χ1) is 9.63. The van der Waals surface area contributed by atoms with Crippen LogP contribution < -0.4 is 10.6 Å². The molecule has 0 fully saturated rings. The van der Waals surface area contributed by atoms with Gasteiger partial charge in [-0.25, -0.2) is 0 Å². The Labute approximate surface area is 123 Å². The third-order valence-electron chi connectivity index (χ3n) is 3.45. The van der Waals surface area contributed by atoms with Gasteiger partial charge in [0.15, 0.2) is 0 Å². The van der Waals surface area contributed by atoms with Crippen molar-refractivity contribution in [3.63, 3.8) is 0 Å². The second-order valence-corrected chi connectivity index (χ2v) is 5.39. The molecule has 1 aliphatic rings. The number of anilines is 2. The fourth-order valence-corrected chi connectivity index (χ4v) is 2.63. The molecule has 1 heterocycles. The number of aryl methyl sites for hydroxylation is 1. The SMILES string of the molecule is Cc1ccc(NC(=O)c2ccc3c(c2)NCC3)c(Cl)c1. The molecular formula is C16H15ClN2O. The number of carbonyl (C=O) groups is 1. The Balaban J connectivity index is 1.82. The minimum Gasteiger partial charge on any atom is -0.384 e. The van der Waals surface area contributed by atoms with Crippen molar-refractivity contribution in [2.24, 2.45) is 0 Å². The van der Waals surface area contributed by atoms with Crippen LogP contribution in [-0.2, 0) is 6.42 Å². The number of rotatable bonds is 2. The summed E-state index contributed by atoms with van der Waals surface area (Å²) in [6.07, 6.45) is 1.01. The molecule has 0 saturated carbocycles. The molecule has 0 aliphatic carbocycles. The lowest BCUT2D eigenvalue weighted by Crippen LogP contribution is -2.12. The monoisotopic (exact) mass is 286 g/mol. The smallest absolute Gasteiger partial charge is 0.255 e. The van der Waals surface area contributed by atoms with E-state index in [0.717, 1.165) is 24.2 Å². The van der Waals surface area contributed by atoms with Crippen molar-refractivity contribution >= 4 is 28.9 Å². The van der Waals surface area contributed by atoms with Gasteiger partial charge in [-0.2, -0.15) is 0 Å². The van der Waals surface area contributed by atoms with Gasteiger partial charge in [-0.3, -0.25) is 4.79 Å². The van der Waals surface area contributed by atoms with Crippen LogP contribution in [-0.4, -0.2) is 12.5 Å². The Morgan fingerprint density at radius 3 is 2.90 bits per heavy atom. The zero-order chi connectivity index (χ0) is 14.1. The third kappa shape index (κ3) is 2.49. The minimum absolute atomic E-state index is 0.146. The van der Waals surface area contributed by atoms with E-state index in [1.165, 1.54) is 5.56 Å². The molecule has 1 aliphatic heterocycles. The van der Waals surface area contributed by atoms with Crippen molar-refractivity contribution in [1.29, 1.82) is 0 Å². The summed E-state index contributed by atoms with van der Waals surface area (Å²) < 4.78 is 0. The summed E-state index contributed by atoms with van der Waals surface area (Å²) in [5.74, 6) is -0.146. The van der Waals surface area contributed by atoms with E-state index in [1.807, 2.05) is 43.3 Å². The number of hydrogen-bond donors (Lipinski definition) is 2. The average Bonchev–Trinajstić information content (AvgIpc) is 2.89. The quantitative estimate of drug-likeness (QED) is 0.880. The van der Waals surface area contributed by atoms with E-state index in [1.54, 1.807) is 0 Å². The molecule has 2 aromatic carbocycles. The van der Waals surface area contributed by atoms with Gasteiger partial charge in [-0.05, 0) is 48.7 Å². The molecule has 102 valence electrons. The summed E-state index contributed by atoms with van der Waals surface area (Å²) in [6, 6.07) is 11.3. The lowest BCUT2D eigenvalue weighted by atomic mass is 10.1. The highest BCUT2D eigenvalue weighted by Gasteiger charge is 2.14. The van der Waals surface area contributed by atoms with Gasteiger partial charge in [-0.1, -0.05) is 23.7 Å². The van der Waals surface area contributed by atoms with Gasteiger partial charge in [0.25, 0.3) is 5.91 Å². The van der Waals surface area contributed by atoms with Crippen molar-refractivity contribution in [2.75, 3.05) is 17.2 Å². The highest BCUT2D eigenvalue weighted by atomic mass is 35.5. The molecule has 2 N–H and O–H groups in total. The van der Waals surface area contributed by atoms with Crippen LogP contribution >= 0.6 is 11.6 Å². The van der Waals surface area contributed by atoms with Crippen molar-refractivity contribution in [1.82, 2.24) is 0 Å². The van der Waals surface area contributed by atoms with Crippen LogP contribution in [0.5, 0.6) is 0 Å². The normalized spacial score (nSPS) is 12.7. The molecule has 0 saturated heterocycles. The first kappa shape index (κ1) is 13.0. The van der Waals surface area contributed by atoms with Gasteiger partial charge in [0.1, 0.15) is 0 Å². The maximum absolute atomic E-state index is 12.3. The van der Waals surface area contributed by atoms with E-state index in [0.29, 0.717) is 16.3 Å².